The van der Waals surface area contributed by atoms with Crippen LogP contribution in [-0.4, -0.2) is 30.1 Å². The standard InChI is InChI=1S/C20H20N2O2S/c1-13-5-6-14(2)17(11-13)21-20-22(3)19(23)18(25-20)12-15-7-9-16(24-4)10-8-15/h5-12H,1-4H3/b18-12+,21-20?. The average Bonchev–Trinajstić information content (AvgIpc) is 2.87. The molecule has 0 aliphatic carbocycles. The number of amides is 1. The van der Waals surface area contributed by atoms with Crippen molar-refractivity contribution in [2.24, 2.45) is 4.99 Å². The minimum absolute atomic E-state index is 0.0372. The van der Waals surface area contributed by atoms with E-state index in [2.05, 4.69) is 6.07 Å². The van der Waals surface area contributed by atoms with Crippen LogP contribution in [0.2, 0.25) is 0 Å². The number of carbonyl (C=O) groups is 1. The number of methoxy groups -OCH3 is 1. The van der Waals surface area contributed by atoms with Crippen LogP contribution in [0.3, 0.4) is 0 Å². The van der Waals surface area contributed by atoms with Crippen LogP contribution >= 0.6 is 11.8 Å². The Morgan fingerprint density at radius 3 is 2.52 bits per heavy atom. The third-order valence-corrected chi connectivity index (χ3v) is 5.06. The normalized spacial score (nSPS) is 17.6. The Hall–Kier alpha value is -2.53. The van der Waals surface area contributed by atoms with Crippen LogP contribution in [0.1, 0.15) is 16.7 Å². The van der Waals surface area contributed by atoms with Crippen LogP contribution in [0.4, 0.5) is 5.69 Å². The molecule has 1 amide bonds. The molecule has 0 atom stereocenters. The highest BCUT2D eigenvalue weighted by Crippen LogP contribution is 2.34. The summed E-state index contributed by atoms with van der Waals surface area (Å²) in [6.45, 7) is 4.06. The fourth-order valence-electron chi connectivity index (χ4n) is 2.45. The van der Waals surface area contributed by atoms with Crippen molar-refractivity contribution in [1.82, 2.24) is 4.90 Å². The quantitative estimate of drug-likeness (QED) is 0.761. The van der Waals surface area contributed by atoms with Gasteiger partial charge in [0.25, 0.3) is 5.91 Å². The van der Waals surface area contributed by atoms with Gasteiger partial charge >= 0.3 is 0 Å². The lowest BCUT2D eigenvalue weighted by molar-refractivity contribution is -0.121. The van der Waals surface area contributed by atoms with Crippen molar-refractivity contribution in [2.45, 2.75) is 13.8 Å². The van der Waals surface area contributed by atoms with E-state index in [1.165, 1.54) is 11.8 Å². The molecule has 3 rings (SSSR count). The molecule has 0 spiro atoms. The van der Waals surface area contributed by atoms with Crippen molar-refractivity contribution >= 4 is 34.6 Å². The SMILES string of the molecule is COc1ccc(/C=C2/SC(=Nc3cc(C)ccc3C)N(C)C2=O)cc1. The molecule has 1 aliphatic heterocycles. The second kappa shape index (κ2) is 7.15. The third kappa shape index (κ3) is 3.77. The minimum Gasteiger partial charge on any atom is -0.497 e. The lowest BCUT2D eigenvalue weighted by Crippen LogP contribution is -2.23. The number of ether oxygens (including phenoxy) is 1. The lowest BCUT2D eigenvalue weighted by Gasteiger charge is -2.08. The maximum atomic E-state index is 12.5. The Morgan fingerprint density at radius 2 is 1.84 bits per heavy atom. The zero-order chi connectivity index (χ0) is 18.0. The first-order valence-electron chi connectivity index (χ1n) is 7.95. The summed E-state index contributed by atoms with van der Waals surface area (Å²) in [6, 6.07) is 13.8. The van der Waals surface area contributed by atoms with Crippen molar-refractivity contribution < 1.29 is 9.53 Å². The second-order valence-corrected chi connectivity index (χ2v) is 6.94. The van der Waals surface area contributed by atoms with Crippen LogP contribution in [0.25, 0.3) is 6.08 Å². The van der Waals surface area contributed by atoms with Crippen LogP contribution in [-0.2, 0) is 4.79 Å². The van der Waals surface area contributed by atoms with Gasteiger partial charge in [-0.2, -0.15) is 0 Å². The van der Waals surface area contributed by atoms with E-state index in [4.69, 9.17) is 9.73 Å². The molecule has 1 heterocycles. The smallest absolute Gasteiger partial charge is 0.266 e. The third-order valence-electron chi connectivity index (χ3n) is 4.00. The first kappa shape index (κ1) is 17.3. The molecular formula is C20H20N2O2S. The Labute approximate surface area is 152 Å². The Balaban J connectivity index is 1.90. The molecule has 2 aromatic carbocycles. The van der Waals surface area contributed by atoms with Crippen molar-refractivity contribution in [1.29, 1.82) is 0 Å². The number of aryl methyl sites for hydroxylation is 2. The summed E-state index contributed by atoms with van der Waals surface area (Å²) >= 11 is 1.40. The van der Waals surface area contributed by atoms with Crippen LogP contribution < -0.4 is 4.74 Å². The van der Waals surface area contributed by atoms with Gasteiger partial charge in [-0.3, -0.25) is 9.69 Å². The predicted octanol–water partition coefficient (Wildman–Crippen LogP) is 4.55. The molecule has 1 saturated heterocycles. The number of thioether (sulfide) groups is 1. The van der Waals surface area contributed by atoms with Crippen molar-refractivity contribution in [2.75, 3.05) is 14.2 Å². The van der Waals surface area contributed by atoms with Gasteiger partial charge in [0, 0.05) is 7.05 Å². The number of nitrogens with zero attached hydrogens (tertiary/aromatic N) is 2. The van der Waals surface area contributed by atoms with Gasteiger partial charge in [-0.25, -0.2) is 4.99 Å². The zero-order valence-electron chi connectivity index (χ0n) is 14.7. The number of hydrogen-bond donors (Lipinski definition) is 0. The summed E-state index contributed by atoms with van der Waals surface area (Å²) in [7, 11) is 3.39. The van der Waals surface area contributed by atoms with E-state index < -0.39 is 0 Å². The van der Waals surface area contributed by atoms with Gasteiger partial charge in [0.15, 0.2) is 5.17 Å². The van der Waals surface area contributed by atoms with Gasteiger partial charge in [-0.05, 0) is 66.6 Å². The fourth-order valence-corrected chi connectivity index (χ4v) is 3.43. The number of aliphatic imine (C=N–C) groups is 1. The van der Waals surface area contributed by atoms with Crippen LogP contribution in [0, 0.1) is 13.8 Å². The monoisotopic (exact) mass is 352 g/mol. The van der Waals surface area contributed by atoms with Gasteiger partial charge in [0.05, 0.1) is 17.7 Å². The molecule has 0 aromatic heterocycles. The van der Waals surface area contributed by atoms with Gasteiger partial charge in [0.2, 0.25) is 0 Å². The molecule has 5 heteroatoms. The molecule has 128 valence electrons. The zero-order valence-corrected chi connectivity index (χ0v) is 15.6. The van der Waals surface area contributed by atoms with E-state index in [1.54, 1.807) is 19.1 Å². The van der Waals surface area contributed by atoms with E-state index in [0.29, 0.717) is 10.1 Å². The molecule has 0 bridgehead atoms. The number of likely N-dealkylation sites (N-methyl/N-ethyl adjacent to an activating group) is 1. The number of hydrogen-bond acceptors (Lipinski definition) is 4. The van der Waals surface area contributed by atoms with Crippen molar-refractivity contribution in [3.8, 4) is 5.75 Å². The average molecular weight is 352 g/mol. The van der Waals surface area contributed by atoms with Gasteiger partial charge in [-0.15, -0.1) is 0 Å². The molecule has 0 radical (unpaired) electrons. The summed E-state index contributed by atoms with van der Waals surface area (Å²) in [5, 5.41) is 0.693. The first-order chi connectivity index (χ1) is 12.0. The highest BCUT2D eigenvalue weighted by molar-refractivity contribution is 8.18. The van der Waals surface area contributed by atoms with Crippen molar-refractivity contribution in [3.63, 3.8) is 0 Å². The fraction of sp³-hybridized carbons (Fsp3) is 0.200. The summed E-state index contributed by atoms with van der Waals surface area (Å²) in [6.07, 6.45) is 1.88. The topological polar surface area (TPSA) is 41.9 Å². The van der Waals surface area contributed by atoms with E-state index in [1.807, 2.05) is 56.3 Å². The second-order valence-electron chi connectivity index (χ2n) is 5.93. The Kier molecular flexibility index (Phi) is 4.95. The molecule has 0 saturated carbocycles. The van der Waals surface area contributed by atoms with Gasteiger partial charge in [-0.1, -0.05) is 24.3 Å². The highest BCUT2D eigenvalue weighted by atomic mass is 32.2. The number of rotatable bonds is 3. The molecule has 0 N–H and O–H groups in total. The molecule has 25 heavy (non-hydrogen) atoms. The molecule has 0 unspecified atom stereocenters. The van der Waals surface area contributed by atoms with E-state index >= 15 is 0 Å². The lowest BCUT2D eigenvalue weighted by atomic mass is 10.1. The largest absolute Gasteiger partial charge is 0.497 e. The molecule has 1 aliphatic rings. The van der Waals surface area contributed by atoms with Crippen LogP contribution in [0.5, 0.6) is 5.75 Å². The summed E-state index contributed by atoms with van der Waals surface area (Å²) in [4.78, 5) is 19.5. The maximum absolute atomic E-state index is 12.5. The number of carbonyl (C=O) groups excluding carboxylic acids is 1. The summed E-state index contributed by atoms with van der Waals surface area (Å²) in [5.74, 6) is 0.756. The Bertz CT molecular complexity index is 870. The van der Waals surface area contributed by atoms with Gasteiger partial charge < -0.3 is 4.74 Å². The number of benzene rings is 2. The Morgan fingerprint density at radius 1 is 1.12 bits per heavy atom. The van der Waals surface area contributed by atoms with Crippen molar-refractivity contribution in [3.05, 3.63) is 64.1 Å². The van der Waals surface area contributed by atoms with E-state index in [-0.39, 0.29) is 5.91 Å². The minimum atomic E-state index is -0.0372. The van der Waals surface area contributed by atoms with E-state index in [0.717, 1.165) is 28.1 Å². The summed E-state index contributed by atoms with van der Waals surface area (Å²) < 4.78 is 5.16. The molecule has 4 nitrogen and oxygen atoms in total. The highest BCUT2D eigenvalue weighted by Gasteiger charge is 2.30. The molecular weight excluding hydrogens is 332 g/mol. The van der Waals surface area contributed by atoms with Crippen LogP contribution in [0.15, 0.2) is 52.4 Å². The van der Waals surface area contributed by atoms with Gasteiger partial charge in [0.1, 0.15) is 5.75 Å². The predicted molar refractivity (Wildman–Crippen MR) is 104 cm³/mol. The molecule has 2 aromatic rings. The maximum Gasteiger partial charge on any atom is 0.266 e. The number of amidine groups is 1. The van der Waals surface area contributed by atoms with E-state index in [9.17, 15) is 4.79 Å². The summed E-state index contributed by atoms with van der Waals surface area (Å²) in [5.41, 5.74) is 4.09. The first-order valence-corrected chi connectivity index (χ1v) is 8.77. The molecule has 1 fully saturated rings.